The van der Waals surface area contributed by atoms with Crippen LogP contribution in [0.3, 0.4) is 0 Å². The lowest BCUT2D eigenvalue weighted by Gasteiger charge is -2.20. The number of aryl methyl sites for hydroxylation is 1. The van der Waals surface area contributed by atoms with Crippen molar-refractivity contribution in [3.8, 4) is 0 Å². The number of methoxy groups -OCH3 is 1. The Bertz CT molecular complexity index is 457. The Morgan fingerprint density at radius 1 is 1.50 bits per heavy atom. The maximum absolute atomic E-state index is 11.9. The number of hydrogen-bond acceptors (Lipinski definition) is 4. The van der Waals surface area contributed by atoms with E-state index in [0.717, 1.165) is 5.76 Å². The van der Waals surface area contributed by atoms with Crippen LogP contribution >= 0.6 is 0 Å². The van der Waals surface area contributed by atoms with Gasteiger partial charge >= 0.3 is 12.0 Å². The Kier molecular flexibility index (Phi) is 6.05. The maximum Gasteiger partial charge on any atom is 0.326 e. The molecule has 0 fully saturated rings. The van der Waals surface area contributed by atoms with Gasteiger partial charge in [-0.3, -0.25) is 0 Å². The summed E-state index contributed by atoms with van der Waals surface area (Å²) in [5.41, 5.74) is 0. The van der Waals surface area contributed by atoms with Gasteiger partial charge in [-0.2, -0.15) is 0 Å². The fourth-order valence-electron chi connectivity index (χ4n) is 1.63. The number of rotatable bonds is 7. The fraction of sp³-hybridized carbons (Fsp3) is 0.538. The summed E-state index contributed by atoms with van der Waals surface area (Å²) in [5, 5.41) is 11.5. The number of carboxylic acid groups (broad SMARTS) is 1. The van der Waals surface area contributed by atoms with Crippen LogP contribution in [0.5, 0.6) is 0 Å². The summed E-state index contributed by atoms with van der Waals surface area (Å²) < 4.78 is 10.2. The molecule has 1 heterocycles. The van der Waals surface area contributed by atoms with Gasteiger partial charge in [-0.1, -0.05) is 0 Å². The van der Waals surface area contributed by atoms with Crippen LogP contribution in [0.4, 0.5) is 4.79 Å². The average molecular weight is 284 g/mol. The monoisotopic (exact) mass is 284 g/mol. The van der Waals surface area contributed by atoms with Crippen LogP contribution in [0.25, 0.3) is 0 Å². The second-order valence-electron chi connectivity index (χ2n) is 4.49. The number of carbonyl (C=O) groups is 2. The molecule has 7 heteroatoms. The Balaban J connectivity index is 2.52. The van der Waals surface area contributed by atoms with Gasteiger partial charge in [0.05, 0.1) is 6.54 Å². The average Bonchev–Trinajstić information content (AvgIpc) is 2.79. The molecule has 0 aliphatic heterocycles. The van der Waals surface area contributed by atoms with Gasteiger partial charge in [-0.25, -0.2) is 9.59 Å². The minimum absolute atomic E-state index is 0.214. The van der Waals surface area contributed by atoms with E-state index in [1.165, 1.54) is 12.0 Å². The zero-order valence-electron chi connectivity index (χ0n) is 11.9. The van der Waals surface area contributed by atoms with Gasteiger partial charge in [0.1, 0.15) is 17.6 Å². The molecule has 112 valence electrons. The minimum Gasteiger partial charge on any atom is -0.480 e. The molecule has 7 nitrogen and oxygen atoms in total. The first-order valence-corrected chi connectivity index (χ1v) is 6.22. The van der Waals surface area contributed by atoms with Crippen molar-refractivity contribution >= 4 is 12.0 Å². The summed E-state index contributed by atoms with van der Waals surface area (Å²) in [6, 6.07) is 2.14. The summed E-state index contributed by atoms with van der Waals surface area (Å²) in [6.07, 6.45) is 0.214. The third-order valence-corrected chi connectivity index (χ3v) is 2.74. The molecule has 0 aromatic carbocycles. The number of nitrogens with one attached hydrogen (secondary N) is 1. The zero-order chi connectivity index (χ0) is 15.1. The second-order valence-corrected chi connectivity index (χ2v) is 4.49. The predicted octanol–water partition coefficient (Wildman–Crippen LogP) is 1.22. The molecule has 1 rings (SSSR count). The number of hydrogen-bond donors (Lipinski definition) is 2. The van der Waals surface area contributed by atoms with E-state index in [9.17, 15) is 9.59 Å². The van der Waals surface area contributed by atoms with E-state index in [0.29, 0.717) is 5.76 Å². The first kappa shape index (κ1) is 16.0. The van der Waals surface area contributed by atoms with Gasteiger partial charge in [0.15, 0.2) is 0 Å². The van der Waals surface area contributed by atoms with E-state index in [2.05, 4.69) is 5.32 Å². The molecular weight excluding hydrogens is 264 g/mol. The van der Waals surface area contributed by atoms with Crippen LogP contribution in [0, 0.1) is 6.92 Å². The highest BCUT2D eigenvalue weighted by molar-refractivity contribution is 5.82. The van der Waals surface area contributed by atoms with Gasteiger partial charge in [0, 0.05) is 27.2 Å². The normalized spacial score (nSPS) is 11.9. The zero-order valence-corrected chi connectivity index (χ0v) is 11.9. The summed E-state index contributed by atoms with van der Waals surface area (Å²) in [4.78, 5) is 24.3. The van der Waals surface area contributed by atoms with E-state index in [1.807, 2.05) is 6.92 Å². The third-order valence-electron chi connectivity index (χ3n) is 2.74. The van der Waals surface area contributed by atoms with Crippen LogP contribution in [0.15, 0.2) is 16.5 Å². The lowest BCUT2D eigenvalue weighted by atomic mass is 10.2. The van der Waals surface area contributed by atoms with E-state index < -0.39 is 18.0 Å². The first-order chi connectivity index (χ1) is 9.43. The molecule has 2 amide bonds. The molecule has 1 unspecified atom stereocenters. The quantitative estimate of drug-likeness (QED) is 0.785. The van der Waals surface area contributed by atoms with Gasteiger partial charge in [-0.05, 0) is 19.1 Å². The molecule has 2 N–H and O–H groups in total. The fourth-order valence-corrected chi connectivity index (χ4v) is 1.63. The van der Waals surface area contributed by atoms with Gasteiger partial charge in [0.2, 0.25) is 0 Å². The molecule has 1 aromatic rings. The van der Waals surface area contributed by atoms with Crippen molar-refractivity contribution in [1.29, 1.82) is 0 Å². The molecule has 0 spiro atoms. The molecule has 0 bridgehead atoms. The topological polar surface area (TPSA) is 92.0 Å². The summed E-state index contributed by atoms with van der Waals surface area (Å²) >= 11 is 0. The van der Waals surface area contributed by atoms with Crippen molar-refractivity contribution in [2.75, 3.05) is 20.8 Å². The standard InChI is InChI=1S/C13H20N2O5/c1-9-4-5-10(20-9)8-15(2)13(18)14-11(12(16)17)6-7-19-3/h4-5,11H,6-8H2,1-3H3,(H,14,18)(H,16,17). The van der Waals surface area contributed by atoms with Gasteiger partial charge in [0.25, 0.3) is 0 Å². The molecule has 0 radical (unpaired) electrons. The number of furan rings is 1. The van der Waals surface area contributed by atoms with Crippen molar-refractivity contribution < 1.29 is 23.8 Å². The van der Waals surface area contributed by atoms with Crippen molar-refractivity contribution in [3.63, 3.8) is 0 Å². The van der Waals surface area contributed by atoms with Crippen molar-refractivity contribution in [2.24, 2.45) is 0 Å². The number of ether oxygens (including phenoxy) is 1. The molecule has 20 heavy (non-hydrogen) atoms. The molecule has 0 saturated heterocycles. The Morgan fingerprint density at radius 2 is 2.20 bits per heavy atom. The number of amides is 2. The van der Waals surface area contributed by atoms with Crippen LogP contribution in [0.1, 0.15) is 17.9 Å². The first-order valence-electron chi connectivity index (χ1n) is 6.22. The lowest BCUT2D eigenvalue weighted by Crippen LogP contribution is -2.46. The number of aliphatic carboxylic acids is 1. The minimum atomic E-state index is -1.09. The third kappa shape index (κ3) is 4.93. The number of nitrogens with zero attached hydrogens (tertiary/aromatic N) is 1. The smallest absolute Gasteiger partial charge is 0.326 e. The molecular formula is C13H20N2O5. The molecule has 1 aromatic heterocycles. The largest absolute Gasteiger partial charge is 0.480 e. The highest BCUT2D eigenvalue weighted by Crippen LogP contribution is 2.08. The molecule has 1 atom stereocenters. The predicted molar refractivity (Wildman–Crippen MR) is 71.4 cm³/mol. The van der Waals surface area contributed by atoms with E-state index >= 15 is 0 Å². The Morgan fingerprint density at radius 3 is 2.70 bits per heavy atom. The molecule has 0 aliphatic carbocycles. The maximum atomic E-state index is 11.9. The highest BCUT2D eigenvalue weighted by atomic mass is 16.5. The number of urea groups is 1. The van der Waals surface area contributed by atoms with Crippen LogP contribution in [0.2, 0.25) is 0 Å². The van der Waals surface area contributed by atoms with Crippen LogP contribution < -0.4 is 5.32 Å². The second kappa shape index (κ2) is 7.54. The van der Waals surface area contributed by atoms with Crippen molar-refractivity contribution in [2.45, 2.75) is 25.9 Å². The van der Waals surface area contributed by atoms with Crippen molar-refractivity contribution in [3.05, 3.63) is 23.7 Å². The summed E-state index contributed by atoms with van der Waals surface area (Å²) in [5.74, 6) is 0.318. The summed E-state index contributed by atoms with van der Waals surface area (Å²) in [7, 11) is 3.05. The van der Waals surface area contributed by atoms with E-state index in [1.54, 1.807) is 19.2 Å². The van der Waals surface area contributed by atoms with Gasteiger partial charge in [-0.15, -0.1) is 0 Å². The Hall–Kier alpha value is -2.02. The van der Waals surface area contributed by atoms with Gasteiger partial charge < -0.3 is 24.5 Å². The van der Waals surface area contributed by atoms with Crippen molar-refractivity contribution in [1.82, 2.24) is 10.2 Å². The Labute approximate surface area is 117 Å². The number of carboxylic acids is 1. The molecule has 0 saturated carbocycles. The molecule has 0 aliphatic rings. The van der Waals surface area contributed by atoms with E-state index in [-0.39, 0.29) is 19.6 Å². The SMILES string of the molecule is COCCC(NC(=O)N(C)Cc1ccc(C)o1)C(=O)O. The van der Waals surface area contributed by atoms with E-state index in [4.69, 9.17) is 14.3 Å². The lowest BCUT2D eigenvalue weighted by molar-refractivity contribution is -0.139. The van der Waals surface area contributed by atoms with Crippen LogP contribution in [-0.2, 0) is 16.1 Å². The van der Waals surface area contributed by atoms with Crippen LogP contribution in [-0.4, -0.2) is 48.8 Å². The highest BCUT2D eigenvalue weighted by Gasteiger charge is 2.21. The summed E-state index contributed by atoms with van der Waals surface area (Å²) in [6.45, 7) is 2.35. The number of carbonyl (C=O) groups excluding carboxylic acids is 1.